The zero-order chi connectivity index (χ0) is 27.4. The summed E-state index contributed by atoms with van der Waals surface area (Å²) in [5.41, 5.74) is 6.55. The van der Waals surface area contributed by atoms with Gasteiger partial charge < -0.3 is 11.1 Å². The van der Waals surface area contributed by atoms with Gasteiger partial charge in [0, 0.05) is 24.3 Å². The zero-order valence-corrected chi connectivity index (χ0v) is 24.6. The van der Waals surface area contributed by atoms with Crippen molar-refractivity contribution in [1.82, 2.24) is 5.32 Å². The third-order valence-corrected chi connectivity index (χ3v) is 13.6. The Morgan fingerprint density at radius 3 is 2.19 bits per heavy atom. The van der Waals surface area contributed by atoms with E-state index in [1.54, 1.807) is 6.92 Å². The molecule has 0 aromatic carbocycles. The number of primary amides is 1. The van der Waals surface area contributed by atoms with Crippen LogP contribution < -0.4 is 11.1 Å². The minimum atomic E-state index is -0.500. The van der Waals surface area contributed by atoms with Crippen LogP contribution in [0.4, 0.5) is 0 Å². The molecule has 0 saturated heterocycles. The van der Waals surface area contributed by atoms with Gasteiger partial charge in [-0.05, 0) is 103 Å². The Kier molecular flexibility index (Phi) is 5.78. The predicted octanol–water partition coefficient (Wildman–Crippen LogP) is 5.96. The molecule has 37 heavy (non-hydrogen) atoms. The molecule has 5 aliphatic carbocycles. The fraction of sp³-hybridized carbons (Fsp3) is 0.844. The molecule has 0 bridgehead atoms. The normalized spacial score (nSPS) is 50.5. The van der Waals surface area contributed by atoms with Crippen molar-refractivity contribution < 1.29 is 14.4 Å². The van der Waals surface area contributed by atoms with Crippen LogP contribution in [0.3, 0.4) is 0 Å². The summed E-state index contributed by atoms with van der Waals surface area (Å²) in [7, 11) is 0. The van der Waals surface area contributed by atoms with Crippen LogP contribution in [0.5, 0.6) is 0 Å². The second-order valence-corrected chi connectivity index (χ2v) is 15.7. The Hall–Kier alpha value is -1.65. The smallest absolute Gasteiger partial charge is 0.223 e. The topological polar surface area (TPSA) is 89.3 Å². The Bertz CT molecular complexity index is 1080. The monoisotopic (exact) mass is 510 g/mol. The molecule has 5 heteroatoms. The van der Waals surface area contributed by atoms with Gasteiger partial charge in [-0.15, -0.1) is 0 Å². The number of nitrogens with one attached hydrogen (secondary N) is 1. The maximum absolute atomic E-state index is 14.4. The van der Waals surface area contributed by atoms with Crippen LogP contribution in [-0.2, 0) is 14.4 Å². The van der Waals surface area contributed by atoms with E-state index in [2.05, 4.69) is 52.9 Å². The van der Waals surface area contributed by atoms with Gasteiger partial charge in [0.15, 0.2) is 5.78 Å². The standard InChI is InChI=1S/C32H50N2O3/c1-19(35)34-24-10-11-30(6)23(27(24,2)3)9-12-32(8)25(30)22(36)17-20-21-18-29(5,26(33)37)14-13-28(21,4)15-16-31(20,32)7/h17,21,23-25H,9-16,18H2,1-8H3,(H2,33,37)(H,34,35)/t21-,23-,24?,25+,28+,29-,30-,31+,32+/m0/s1. The van der Waals surface area contributed by atoms with Crippen molar-refractivity contribution in [3.8, 4) is 0 Å². The van der Waals surface area contributed by atoms with Crippen LogP contribution in [0.25, 0.3) is 0 Å². The molecule has 5 aliphatic rings. The number of nitrogens with two attached hydrogens (primary N) is 1. The van der Waals surface area contributed by atoms with E-state index < -0.39 is 5.41 Å². The fourth-order valence-corrected chi connectivity index (χ4v) is 10.9. The van der Waals surface area contributed by atoms with Crippen molar-refractivity contribution in [2.75, 3.05) is 0 Å². The Labute approximate surface area is 224 Å². The molecule has 9 atom stereocenters. The van der Waals surface area contributed by atoms with Gasteiger partial charge in [-0.3, -0.25) is 14.4 Å². The van der Waals surface area contributed by atoms with E-state index in [0.717, 1.165) is 57.8 Å². The van der Waals surface area contributed by atoms with Gasteiger partial charge in [0.2, 0.25) is 11.8 Å². The summed E-state index contributed by atoms with van der Waals surface area (Å²) in [5.74, 6) is 0.758. The van der Waals surface area contributed by atoms with Crippen LogP contribution in [0.15, 0.2) is 11.6 Å². The lowest BCUT2D eigenvalue weighted by molar-refractivity contribution is -0.189. The van der Waals surface area contributed by atoms with Crippen molar-refractivity contribution in [2.45, 2.75) is 119 Å². The highest BCUT2D eigenvalue weighted by atomic mass is 16.2. The average Bonchev–Trinajstić information content (AvgIpc) is 2.78. The van der Waals surface area contributed by atoms with Gasteiger partial charge in [0.25, 0.3) is 0 Å². The van der Waals surface area contributed by atoms with Gasteiger partial charge in [0.1, 0.15) is 0 Å². The van der Waals surface area contributed by atoms with Gasteiger partial charge in [-0.1, -0.05) is 54.0 Å². The third-order valence-electron chi connectivity index (χ3n) is 13.6. The maximum Gasteiger partial charge on any atom is 0.223 e. The number of allylic oxidation sites excluding steroid dienone is 2. The van der Waals surface area contributed by atoms with Gasteiger partial charge >= 0.3 is 0 Å². The minimum Gasteiger partial charge on any atom is -0.369 e. The molecule has 4 fully saturated rings. The van der Waals surface area contributed by atoms with E-state index in [-0.39, 0.29) is 56.8 Å². The van der Waals surface area contributed by atoms with Crippen LogP contribution in [0, 0.1) is 50.2 Å². The first kappa shape index (κ1) is 26.9. The molecule has 1 unspecified atom stereocenters. The highest BCUT2D eigenvalue weighted by molar-refractivity contribution is 5.95. The molecule has 2 amide bonds. The largest absolute Gasteiger partial charge is 0.369 e. The molecule has 0 spiro atoms. The second kappa shape index (κ2) is 7.94. The average molecular weight is 511 g/mol. The molecule has 5 rings (SSSR count). The summed E-state index contributed by atoms with van der Waals surface area (Å²) < 4.78 is 0. The minimum absolute atomic E-state index is 0.0134. The number of amides is 2. The third kappa shape index (κ3) is 3.43. The van der Waals surface area contributed by atoms with Gasteiger partial charge in [-0.2, -0.15) is 0 Å². The lowest BCUT2D eigenvalue weighted by Gasteiger charge is -2.70. The molecular weight excluding hydrogens is 460 g/mol. The Balaban J connectivity index is 1.58. The molecule has 0 aliphatic heterocycles. The number of ketones is 1. The molecule has 0 heterocycles. The van der Waals surface area contributed by atoms with Crippen molar-refractivity contribution >= 4 is 17.6 Å². The van der Waals surface area contributed by atoms with Crippen LogP contribution in [0.1, 0.15) is 113 Å². The quantitative estimate of drug-likeness (QED) is 0.480. The molecule has 0 aromatic rings. The highest BCUT2D eigenvalue weighted by Crippen LogP contribution is 2.75. The zero-order valence-electron chi connectivity index (χ0n) is 24.6. The number of hydrogen-bond donors (Lipinski definition) is 2. The molecule has 206 valence electrons. The number of rotatable bonds is 2. The van der Waals surface area contributed by atoms with E-state index >= 15 is 0 Å². The SMILES string of the molecule is CC(=O)NC1CC[C@]2(C)[C@H]3C(=O)C=C4[C@@H]5C[C@@](C)(C(N)=O)CC[C@]5(C)CC[C@@]4(C)[C@]3(C)CC[C@H]2C1(C)C. The Morgan fingerprint density at radius 2 is 1.57 bits per heavy atom. The fourth-order valence-electron chi connectivity index (χ4n) is 10.9. The summed E-state index contributed by atoms with van der Waals surface area (Å²) in [6, 6.07) is 0.150. The lowest BCUT2D eigenvalue weighted by atomic mass is 9.33. The first-order chi connectivity index (χ1) is 16.9. The first-order valence-electron chi connectivity index (χ1n) is 14.8. The van der Waals surface area contributed by atoms with E-state index in [4.69, 9.17) is 5.73 Å². The maximum atomic E-state index is 14.4. The molecule has 0 radical (unpaired) electrons. The Morgan fingerprint density at radius 1 is 0.919 bits per heavy atom. The molecule has 5 nitrogen and oxygen atoms in total. The van der Waals surface area contributed by atoms with E-state index in [1.165, 1.54) is 5.57 Å². The van der Waals surface area contributed by atoms with Crippen LogP contribution in [0.2, 0.25) is 0 Å². The van der Waals surface area contributed by atoms with Crippen molar-refractivity contribution in [3.63, 3.8) is 0 Å². The summed E-state index contributed by atoms with van der Waals surface area (Å²) >= 11 is 0. The number of hydrogen-bond acceptors (Lipinski definition) is 3. The van der Waals surface area contributed by atoms with E-state index in [0.29, 0.717) is 11.7 Å². The van der Waals surface area contributed by atoms with Crippen LogP contribution in [-0.4, -0.2) is 23.6 Å². The molecule has 3 N–H and O–H groups in total. The predicted molar refractivity (Wildman–Crippen MR) is 146 cm³/mol. The van der Waals surface area contributed by atoms with Gasteiger partial charge in [-0.25, -0.2) is 0 Å². The second-order valence-electron chi connectivity index (χ2n) is 15.7. The van der Waals surface area contributed by atoms with E-state index in [1.807, 2.05) is 6.92 Å². The number of carbonyl (C=O) groups is 3. The van der Waals surface area contributed by atoms with Gasteiger partial charge in [0.05, 0.1) is 0 Å². The number of fused-ring (bicyclic) bond motifs is 7. The molecule has 4 saturated carbocycles. The highest BCUT2D eigenvalue weighted by Gasteiger charge is 2.70. The van der Waals surface area contributed by atoms with E-state index in [9.17, 15) is 14.4 Å². The summed E-state index contributed by atoms with van der Waals surface area (Å²) in [6.07, 6.45) is 10.9. The lowest BCUT2D eigenvalue weighted by Crippen LogP contribution is -2.67. The van der Waals surface area contributed by atoms with Crippen molar-refractivity contribution in [2.24, 2.45) is 56.0 Å². The van der Waals surface area contributed by atoms with Crippen molar-refractivity contribution in [3.05, 3.63) is 11.6 Å². The molecule has 0 aromatic heterocycles. The first-order valence-corrected chi connectivity index (χ1v) is 14.8. The van der Waals surface area contributed by atoms with Crippen molar-refractivity contribution in [1.29, 1.82) is 0 Å². The van der Waals surface area contributed by atoms with Crippen LogP contribution >= 0.6 is 0 Å². The molecular formula is C32H50N2O3. The summed E-state index contributed by atoms with van der Waals surface area (Å²) in [4.78, 5) is 38.9. The number of carbonyl (C=O) groups excluding carboxylic acids is 3. The summed E-state index contributed by atoms with van der Waals surface area (Å²) in [6.45, 7) is 17.9. The summed E-state index contributed by atoms with van der Waals surface area (Å²) in [5, 5.41) is 3.25.